The van der Waals surface area contributed by atoms with Crippen molar-refractivity contribution in [2.45, 2.75) is 55.7 Å². The molecule has 1 heterocycles. The molecule has 3 nitrogen and oxygen atoms in total. The number of halogens is 2. The van der Waals surface area contributed by atoms with Gasteiger partial charge in [0.15, 0.2) is 0 Å². The van der Waals surface area contributed by atoms with Crippen LogP contribution < -0.4 is 0 Å². The molecule has 1 aliphatic rings. The Kier molecular flexibility index (Phi) is 4.73. The lowest BCUT2D eigenvalue weighted by molar-refractivity contribution is 0.262. The summed E-state index contributed by atoms with van der Waals surface area (Å²) in [6.45, 7) is 4.72. The van der Waals surface area contributed by atoms with Gasteiger partial charge in [0.1, 0.15) is 29.1 Å². The van der Waals surface area contributed by atoms with E-state index in [-0.39, 0.29) is 12.5 Å². The summed E-state index contributed by atoms with van der Waals surface area (Å²) in [6.07, 6.45) is 2.36. The summed E-state index contributed by atoms with van der Waals surface area (Å²) in [5.74, 6) is 0.225. The topological polar surface area (TPSA) is 38.1 Å². The first-order chi connectivity index (χ1) is 11.0. The molecule has 0 aliphatic heterocycles. The molecule has 6 heteroatoms. The lowest BCUT2D eigenvalue weighted by Gasteiger charge is -2.12. The Balaban J connectivity index is 2.01. The van der Waals surface area contributed by atoms with Crippen molar-refractivity contribution in [3.63, 3.8) is 0 Å². The number of benzene rings is 1. The number of aliphatic hydroxyl groups is 1. The third-order valence-electron chi connectivity index (χ3n) is 3.90. The highest BCUT2D eigenvalue weighted by atomic mass is 32.2. The number of aromatic nitrogens is 2. The fourth-order valence-electron chi connectivity index (χ4n) is 2.55. The third kappa shape index (κ3) is 3.75. The normalized spacial score (nSPS) is 14.7. The van der Waals surface area contributed by atoms with Gasteiger partial charge in [0.25, 0.3) is 0 Å². The quantitative estimate of drug-likeness (QED) is 0.851. The molecule has 1 aliphatic carbocycles. The van der Waals surface area contributed by atoms with Crippen molar-refractivity contribution in [2.24, 2.45) is 5.92 Å². The van der Waals surface area contributed by atoms with Crippen molar-refractivity contribution < 1.29 is 13.9 Å². The van der Waals surface area contributed by atoms with Crippen molar-refractivity contribution in [3.8, 4) is 0 Å². The van der Waals surface area contributed by atoms with Gasteiger partial charge in [-0.25, -0.2) is 13.8 Å². The highest BCUT2D eigenvalue weighted by Gasteiger charge is 2.27. The van der Waals surface area contributed by atoms with Gasteiger partial charge in [0.05, 0.1) is 5.69 Å². The SMILES string of the molecule is CC(C)c1nc(CO)n(CC2CC2)c1Sc1cc(F)cc(F)c1. The number of aliphatic hydroxyl groups excluding tert-OH is 1. The van der Waals surface area contributed by atoms with Gasteiger partial charge in [0.2, 0.25) is 0 Å². The van der Waals surface area contributed by atoms with Crippen LogP contribution in [0.5, 0.6) is 0 Å². The van der Waals surface area contributed by atoms with Gasteiger partial charge in [-0.05, 0) is 36.8 Å². The Morgan fingerprint density at radius 1 is 1.26 bits per heavy atom. The van der Waals surface area contributed by atoms with Crippen LogP contribution in [0, 0.1) is 17.6 Å². The van der Waals surface area contributed by atoms with E-state index in [4.69, 9.17) is 0 Å². The fourth-order valence-corrected chi connectivity index (χ4v) is 3.80. The van der Waals surface area contributed by atoms with E-state index in [2.05, 4.69) is 4.98 Å². The largest absolute Gasteiger partial charge is 0.388 e. The maximum Gasteiger partial charge on any atom is 0.135 e. The Morgan fingerprint density at radius 2 is 1.91 bits per heavy atom. The molecule has 23 heavy (non-hydrogen) atoms. The van der Waals surface area contributed by atoms with Crippen LogP contribution in [0.2, 0.25) is 0 Å². The van der Waals surface area contributed by atoms with E-state index in [1.54, 1.807) is 0 Å². The van der Waals surface area contributed by atoms with Crippen molar-refractivity contribution in [3.05, 3.63) is 41.4 Å². The molecule has 1 aromatic carbocycles. The predicted octanol–water partition coefficient (Wildman–Crippen LogP) is 4.34. The first-order valence-corrected chi connectivity index (χ1v) is 8.63. The summed E-state index contributed by atoms with van der Waals surface area (Å²) in [4.78, 5) is 5.06. The zero-order chi connectivity index (χ0) is 16.6. The van der Waals surface area contributed by atoms with Crippen LogP contribution in [0.4, 0.5) is 8.78 Å². The Bertz CT molecular complexity index is 691. The molecule has 0 amide bonds. The van der Waals surface area contributed by atoms with E-state index >= 15 is 0 Å². The summed E-state index contributed by atoms with van der Waals surface area (Å²) < 4.78 is 28.9. The second-order valence-electron chi connectivity index (χ2n) is 6.29. The Labute approximate surface area is 138 Å². The first-order valence-electron chi connectivity index (χ1n) is 7.82. The van der Waals surface area contributed by atoms with Crippen LogP contribution in [0.25, 0.3) is 0 Å². The van der Waals surface area contributed by atoms with Crippen LogP contribution in [-0.2, 0) is 13.2 Å². The molecule has 0 saturated heterocycles. The minimum atomic E-state index is -0.589. The molecule has 0 unspecified atom stereocenters. The number of hydrogen-bond acceptors (Lipinski definition) is 3. The van der Waals surface area contributed by atoms with Crippen LogP contribution in [0.1, 0.15) is 44.1 Å². The van der Waals surface area contributed by atoms with E-state index in [0.29, 0.717) is 16.6 Å². The molecular weight excluding hydrogens is 318 g/mol. The smallest absolute Gasteiger partial charge is 0.135 e. The predicted molar refractivity (Wildman–Crippen MR) is 85.4 cm³/mol. The van der Waals surface area contributed by atoms with Crippen LogP contribution >= 0.6 is 11.8 Å². The van der Waals surface area contributed by atoms with E-state index in [9.17, 15) is 13.9 Å². The maximum atomic E-state index is 13.5. The molecule has 2 aromatic rings. The van der Waals surface area contributed by atoms with Crippen LogP contribution in [-0.4, -0.2) is 14.7 Å². The minimum absolute atomic E-state index is 0.134. The standard InChI is InChI=1S/C17H20F2N2OS/c1-10(2)16-17(23-14-6-12(18)5-13(19)7-14)21(8-11-3-4-11)15(9-22)20-16/h5-7,10-11,22H,3-4,8-9H2,1-2H3. The molecule has 0 atom stereocenters. The summed E-state index contributed by atoms with van der Waals surface area (Å²) in [6, 6.07) is 3.52. The third-order valence-corrected chi connectivity index (χ3v) is 5.00. The van der Waals surface area contributed by atoms with Gasteiger partial charge in [-0.2, -0.15) is 0 Å². The van der Waals surface area contributed by atoms with E-state index in [0.717, 1.165) is 23.3 Å². The zero-order valence-corrected chi connectivity index (χ0v) is 14.0. The van der Waals surface area contributed by atoms with Crippen molar-refractivity contribution in [1.29, 1.82) is 0 Å². The van der Waals surface area contributed by atoms with Crippen LogP contribution in [0.3, 0.4) is 0 Å². The minimum Gasteiger partial charge on any atom is -0.388 e. The molecule has 0 spiro atoms. The van der Waals surface area contributed by atoms with Crippen LogP contribution in [0.15, 0.2) is 28.1 Å². The van der Waals surface area contributed by atoms with Crippen molar-refractivity contribution in [2.75, 3.05) is 0 Å². The van der Waals surface area contributed by atoms with E-state index < -0.39 is 11.6 Å². The summed E-state index contributed by atoms with van der Waals surface area (Å²) in [7, 11) is 0. The number of nitrogens with zero attached hydrogens (tertiary/aromatic N) is 2. The molecule has 0 bridgehead atoms. The van der Waals surface area contributed by atoms with Crippen molar-refractivity contribution in [1.82, 2.24) is 9.55 Å². The Morgan fingerprint density at radius 3 is 2.43 bits per heavy atom. The van der Waals surface area contributed by atoms with Gasteiger partial charge in [-0.1, -0.05) is 25.6 Å². The van der Waals surface area contributed by atoms with E-state index in [1.165, 1.54) is 36.7 Å². The molecule has 3 rings (SSSR count). The second kappa shape index (κ2) is 6.61. The van der Waals surface area contributed by atoms with E-state index in [1.807, 2.05) is 18.4 Å². The van der Waals surface area contributed by atoms with Gasteiger partial charge in [0, 0.05) is 17.5 Å². The Hall–Kier alpha value is -1.40. The number of rotatable bonds is 6. The molecule has 124 valence electrons. The summed E-state index contributed by atoms with van der Waals surface area (Å²) in [5.41, 5.74) is 0.865. The molecule has 1 fully saturated rings. The summed E-state index contributed by atoms with van der Waals surface area (Å²) in [5, 5.41) is 10.5. The second-order valence-corrected chi connectivity index (χ2v) is 7.35. The van der Waals surface area contributed by atoms with Gasteiger partial charge < -0.3 is 9.67 Å². The maximum absolute atomic E-state index is 13.5. The molecule has 1 N–H and O–H groups in total. The molecule has 1 saturated carbocycles. The average molecular weight is 338 g/mol. The molecule has 1 aromatic heterocycles. The van der Waals surface area contributed by atoms with Gasteiger partial charge in [-0.3, -0.25) is 0 Å². The lowest BCUT2D eigenvalue weighted by atomic mass is 10.1. The zero-order valence-electron chi connectivity index (χ0n) is 13.2. The molecular formula is C17H20F2N2OS. The monoisotopic (exact) mass is 338 g/mol. The highest BCUT2D eigenvalue weighted by molar-refractivity contribution is 7.99. The molecule has 0 radical (unpaired) electrons. The fraction of sp³-hybridized carbons (Fsp3) is 0.471. The lowest BCUT2D eigenvalue weighted by Crippen LogP contribution is -2.07. The number of imidazole rings is 1. The first kappa shape index (κ1) is 16.5. The van der Waals surface area contributed by atoms with Crippen molar-refractivity contribution >= 4 is 11.8 Å². The number of hydrogen-bond donors (Lipinski definition) is 1. The highest BCUT2D eigenvalue weighted by Crippen LogP contribution is 2.38. The summed E-state index contributed by atoms with van der Waals surface area (Å²) >= 11 is 1.31. The average Bonchev–Trinajstić information content (AvgIpc) is 3.21. The van der Waals surface area contributed by atoms with Gasteiger partial charge in [-0.15, -0.1) is 0 Å². The van der Waals surface area contributed by atoms with Gasteiger partial charge >= 0.3 is 0 Å².